The van der Waals surface area contributed by atoms with Crippen molar-refractivity contribution in [1.29, 1.82) is 0 Å². The number of para-hydroxylation sites is 1. The van der Waals surface area contributed by atoms with Gasteiger partial charge in [-0.15, -0.1) is 0 Å². The van der Waals surface area contributed by atoms with E-state index in [1.54, 1.807) is 0 Å². The molecule has 32 heavy (non-hydrogen) atoms. The summed E-state index contributed by atoms with van der Waals surface area (Å²) in [6.07, 6.45) is 1.80. The average molecular weight is 429 g/mol. The van der Waals surface area contributed by atoms with Crippen LogP contribution in [0.1, 0.15) is 48.7 Å². The van der Waals surface area contributed by atoms with Crippen LogP contribution in [0.2, 0.25) is 0 Å². The molecule has 0 fully saturated rings. The van der Waals surface area contributed by atoms with Crippen LogP contribution in [-0.4, -0.2) is 24.0 Å². The SMILES string of the molecule is CC(C)CCOc1cccc(C2(C)Nc3ccccc3C(=O)N2CCc2ccccc2)c1. The van der Waals surface area contributed by atoms with Crippen molar-refractivity contribution in [1.82, 2.24) is 4.90 Å². The molecule has 166 valence electrons. The maximum Gasteiger partial charge on any atom is 0.258 e. The van der Waals surface area contributed by atoms with E-state index in [4.69, 9.17) is 4.74 Å². The molecule has 4 nitrogen and oxygen atoms in total. The van der Waals surface area contributed by atoms with E-state index in [0.29, 0.717) is 24.6 Å². The molecule has 0 radical (unpaired) electrons. The van der Waals surface area contributed by atoms with Crippen LogP contribution < -0.4 is 10.1 Å². The summed E-state index contributed by atoms with van der Waals surface area (Å²) in [4.78, 5) is 15.6. The standard InChI is InChI=1S/C28H32N2O2/c1-21(2)17-19-32-24-13-9-12-23(20-24)28(3)29-26-15-8-7-14-25(26)27(31)30(28)18-16-22-10-5-4-6-11-22/h4-15,20-21,29H,16-19H2,1-3H3. The molecular weight excluding hydrogens is 396 g/mol. The van der Waals surface area contributed by atoms with Crippen LogP contribution >= 0.6 is 0 Å². The topological polar surface area (TPSA) is 41.6 Å². The monoisotopic (exact) mass is 428 g/mol. The van der Waals surface area contributed by atoms with Crippen LogP contribution in [0.5, 0.6) is 5.75 Å². The lowest BCUT2D eigenvalue weighted by atomic mass is 9.93. The molecule has 1 N–H and O–H groups in total. The number of hydrogen-bond donors (Lipinski definition) is 1. The van der Waals surface area contributed by atoms with Crippen molar-refractivity contribution >= 4 is 11.6 Å². The zero-order valence-electron chi connectivity index (χ0n) is 19.2. The molecule has 0 bridgehead atoms. The summed E-state index contributed by atoms with van der Waals surface area (Å²) < 4.78 is 6.02. The Morgan fingerprint density at radius 2 is 1.72 bits per heavy atom. The Balaban J connectivity index is 1.66. The molecule has 3 aromatic carbocycles. The van der Waals surface area contributed by atoms with Crippen LogP contribution in [0, 0.1) is 5.92 Å². The number of ether oxygens (including phenoxy) is 1. The van der Waals surface area contributed by atoms with Gasteiger partial charge in [0.25, 0.3) is 5.91 Å². The van der Waals surface area contributed by atoms with Gasteiger partial charge in [0.2, 0.25) is 0 Å². The third kappa shape index (κ3) is 4.64. The summed E-state index contributed by atoms with van der Waals surface area (Å²) in [5, 5.41) is 3.66. The fraction of sp³-hybridized carbons (Fsp3) is 0.321. The van der Waals surface area contributed by atoms with Crippen molar-refractivity contribution in [3.8, 4) is 5.75 Å². The number of benzene rings is 3. The number of amides is 1. The van der Waals surface area contributed by atoms with Gasteiger partial charge in [-0.1, -0.05) is 68.4 Å². The molecule has 4 heteroatoms. The van der Waals surface area contributed by atoms with Gasteiger partial charge in [-0.25, -0.2) is 0 Å². The molecule has 3 aromatic rings. The van der Waals surface area contributed by atoms with Crippen LogP contribution in [-0.2, 0) is 12.1 Å². The van der Waals surface area contributed by atoms with Crippen LogP contribution in [0.4, 0.5) is 5.69 Å². The van der Waals surface area contributed by atoms with Crippen LogP contribution in [0.25, 0.3) is 0 Å². The normalized spacial score (nSPS) is 17.8. The van der Waals surface area contributed by atoms with Crippen molar-refractivity contribution in [3.05, 3.63) is 95.6 Å². The summed E-state index contributed by atoms with van der Waals surface area (Å²) >= 11 is 0. The number of fused-ring (bicyclic) bond motifs is 1. The lowest BCUT2D eigenvalue weighted by molar-refractivity contribution is 0.0538. The number of nitrogens with one attached hydrogen (secondary N) is 1. The molecule has 1 amide bonds. The van der Waals surface area contributed by atoms with Gasteiger partial charge in [0.05, 0.1) is 12.2 Å². The molecule has 4 rings (SSSR count). The summed E-state index contributed by atoms with van der Waals surface area (Å²) in [5.41, 5.74) is 3.12. The molecule has 0 aliphatic carbocycles. The second-order valence-corrected chi connectivity index (χ2v) is 8.99. The Kier molecular flexibility index (Phi) is 6.50. The Labute approximate surface area is 191 Å². The first-order valence-corrected chi connectivity index (χ1v) is 11.4. The van der Waals surface area contributed by atoms with Gasteiger partial charge < -0.3 is 15.0 Å². The van der Waals surface area contributed by atoms with Crippen molar-refractivity contribution < 1.29 is 9.53 Å². The first-order valence-electron chi connectivity index (χ1n) is 11.4. The number of carbonyl (C=O) groups excluding carboxylic acids is 1. The zero-order valence-corrected chi connectivity index (χ0v) is 19.2. The molecule has 0 spiro atoms. The minimum atomic E-state index is -0.683. The molecule has 1 heterocycles. The highest BCUT2D eigenvalue weighted by Gasteiger charge is 2.42. The largest absolute Gasteiger partial charge is 0.494 e. The zero-order chi connectivity index (χ0) is 22.6. The van der Waals surface area contributed by atoms with Gasteiger partial charge in [-0.3, -0.25) is 4.79 Å². The second-order valence-electron chi connectivity index (χ2n) is 8.99. The van der Waals surface area contributed by atoms with Crippen LogP contribution in [0.3, 0.4) is 0 Å². The lowest BCUT2D eigenvalue weighted by Gasteiger charge is -2.47. The third-order valence-electron chi connectivity index (χ3n) is 6.15. The summed E-state index contributed by atoms with van der Waals surface area (Å²) in [5.74, 6) is 1.47. The molecule has 0 saturated heterocycles. The molecule has 1 aliphatic rings. The van der Waals surface area contributed by atoms with E-state index in [1.165, 1.54) is 5.56 Å². The first kappa shape index (κ1) is 21.9. The first-order chi connectivity index (χ1) is 15.5. The smallest absolute Gasteiger partial charge is 0.258 e. The number of anilines is 1. The van der Waals surface area contributed by atoms with E-state index < -0.39 is 5.66 Å². The number of rotatable bonds is 8. The van der Waals surface area contributed by atoms with Crippen molar-refractivity contribution in [3.63, 3.8) is 0 Å². The molecular formula is C28H32N2O2. The predicted octanol–water partition coefficient (Wildman–Crippen LogP) is 6.09. The quantitative estimate of drug-likeness (QED) is 0.472. The van der Waals surface area contributed by atoms with E-state index in [1.807, 2.05) is 59.5 Å². The van der Waals surface area contributed by atoms with Crippen molar-refractivity contribution in [2.45, 2.75) is 39.3 Å². The van der Waals surface area contributed by atoms with Gasteiger partial charge >= 0.3 is 0 Å². The third-order valence-corrected chi connectivity index (χ3v) is 6.15. The van der Waals surface area contributed by atoms with Crippen LogP contribution in [0.15, 0.2) is 78.9 Å². The fourth-order valence-corrected chi connectivity index (χ4v) is 4.20. The second kappa shape index (κ2) is 9.47. The van der Waals surface area contributed by atoms with Gasteiger partial charge in [0, 0.05) is 17.8 Å². The van der Waals surface area contributed by atoms with E-state index in [0.717, 1.165) is 29.8 Å². The lowest BCUT2D eigenvalue weighted by Crippen LogP contribution is -2.56. The van der Waals surface area contributed by atoms with Gasteiger partial charge in [0.1, 0.15) is 11.4 Å². The van der Waals surface area contributed by atoms with Crippen molar-refractivity contribution in [2.75, 3.05) is 18.5 Å². The minimum absolute atomic E-state index is 0.0453. The summed E-state index contributed by atoms with van der Waals surface area (Å²) in [6.45, 7) is 7.77. The van der Waals surface area contributed by atoms with E-state index in [9.17, 15) is 4.79 Å². The van der Waals surface area contributed by atoms with Gasteiger partial charge in [-0.2, -0.15) is 0 Å². The maximum absolute atomic E-state index is 13.6. The Bertz CT molecular complexity index is 1060. The fourth-order valence-electron chi connectivity index (χ4n) is 4.20. The molecule has 0 aromatic heterocycles. The maximum atomic E-state index is 13.6. The summed E-state index contributed by atoms with van der Waals surface area (Å²) in [7, 11) is 0. The van der Waals surface area contributed by atoms with E-state index in [-0.39, 0.29) is 5.91 Å². The van der Waals surface area contributed by atoms with E-state index >= 15 is 0 Å². The Morgan fingerprint density at radius 1 is 0.969 bits per heavy atom. The minimum Gasteiger partial charge on any atom is -0.494 e. The average Bonchev–Trinajstić information content (AvgIpc) is 2.79. The highest BCUT2D eigenvalue weighted by molar-refractivity contribution is 6.02. The van der Waals surface area contributed by atoms with Gasteiger partial charge in [-0.05, 0) is 55.5 Å². The molecule has 1 unspecified atom stereocenters. The molecule has 0 saturated carbocycles. The number of nitrogens with zero attached hydrogens (tertiary/aromatic N) is 1. The molecule has 1 atom stereocenters. The van der Waals surface area contributed by atoms with Gasteiger partial charge in [0.15, 0.2) is 0 Å². The number of hydrogen-bond acceptors (Lipinski definition) is 3. The predicted molar refractivity (Wildman–Crippen MR) is 130 cm³/mol. The number of carbonyl (C=O) groups is 1. The highest BCUT2D eigenvalue weighted by atomic mass is 16.5. The summed E-state index contributed by atoms with van der Waals surface area (Å²) in [6, 6.07) is 26.2. The highest BCUT2D eigenvalue weighted by Crippen LogP contribution is 2.38. The Hall–Kier alpha value is -3.27. The van der Waals surface area contributed by atoms with E-state index in [2.05, 4.69) is 50.4 Å². The molecule has 1 aliphatic heterocycles. The Morgan fingerprint density at radius 3 is 2.50 bits per heavy atom. The van der Waals surface area contributed by atoms with Crippen molar-refractivity contribution in [2.24, 2.45) is 5.92 Å².